The number of rotatable bonds is 5. The Hall–Kier alpha value is -2.44. The zero-order valence-corrected chi connectivity index (χ0v) is 18.8. The van der Waals surface area contributed by atoms with Crippen molar-refractivity contribution in [1.82, 2.24) is 19.5 Å². The van der Waals surface area contributed by atoms with Gasteiger partial charge < -0.3 is 0 Å². The molecule has 170 valence electrons. The summed E-state index contributed by atoms with van der Waals surface area (Å²) >= 11 is 1.57. The van der Waals surface area contributed by atoms with Gasteiger partial charge in [0.05, 0.1) is 22.1 Å². The number of thiophene rings is 1. The van der Waals surface area contributed by atoms with Crippen LogP contribution in [-0.2, 0) is 21.2 Å². The first kappa shape index (κ1) is 21.4. The lowest BCUT2D eigenvalue weighted by Gasteiger charge is -2.25. The third-order valence-corrected chi connectivity index (χ3v) is 8.78. The molecule has 5 rings (SSSR count). The van der Waals surface area contributed by atoms with Crippen LogP contribution in [0.4, 0.5) is 14.7 Å². The third kappa shape index (κ3) is 3.80. The highest BCUT2D eigenvalue weighted by atomic mass is 32.2. The topological polar surface area (TPSA) is 96.7 Å². The molecule has 0 spiro atoms. The number of hydrogen-bond donors (Lipinski definition) is 1. The Morgan fingerprint density at radius 3 is 2.62 bits per heavy atom. The lowest BCUT2D eigenvalue weighted by Crippen LogP contribution is -2.39. The van der Waals surface area contributed by atoms with Gasteiger partial charge in [-0.3, -0.25) is 15.0 Å². The van der Waals surface area contributed by atoms with Crippen molar-refractivity contribution in [2.75, 3.05) is 29.9 Å². The van der Waals surface area contributed by atoms with Crippen molar-refractivity contribution in [3.63, 3.8) is 0 Å². The van der Waals surface area contributed by atoms with Crippen molar-refractivity contribution in [1.29, 1.82) is 0 Å². The number of amides is 1. The highest BCUT2D eigenvalue weighted by Gasteiger charge is 2.72. The molecule has 1 N–H and O–H groups in total. The molecule has 1 saturated heterocycles. The predicted octanol–water partition coefficient (Wildman–Crippen LogP) is 2.67. The minimum absolute atomic E-state index is 0.0160. The molecule has 32 heavy (non-hydrogen) atoms. The van der Waals surface area contributed by atoms with E-state index in [-0.39, 0.29) is 17.5 Å². The number of nitrogens with zero attached hydrogens (tertiary/aromatic N) is 4. The summed E-state index contributed by atoms with van der Waals surface area (Å²) in [6.07, 6.45) is -0.481. The molecule has 0 aromatic carbocycles. The minimum atomic E-state index is -3.01. The summed E-state index contributed by atoms with van der Waals surface area (Å²) < 4.78 is 51.8. The monoisotopic (exact) mass is 481 g/mol. The van der Waals surface area contributed by atoms with Crippen LogP contribution >= 0.6 is 11.3 Å². The van der Waals surface area contributed by atoms with Gasteiger partial charge in [-0.1, -0.05) is 6.07 Å². The van der Waals surface area contributed by atoms with Gasteiger partial charge in [-0.2, -0.15) is 4.98 Å². The number of carbonyl (C=O) groups is 1. The van der Waals surface area contributed by atoms with Crippen LogP contribution in [0.2, 0.25) is 0 Å². The van der Waals surface area contributed by atoms with Crippen LogP contribution in [0.1, 0.15) is 18.2 Å². The van der Waals surface area contributed by atoms with E-state index in [9.17, 15) is 22.0 Å². The molecule has 1 aliphatic heterocycles. The van der Waals surface area contributed by atoms with Crippen LogP contribution < -0.4 is 5.32 Å². The SMILES string of the molecule is CC1(C(=O)Nc2nc3cccc(-c4ccc(CN5CCS(=O)(=O)CC5)s4)n3n2)CC1(F)F. The second kappa shape index (κ2) is 7.29. The Morgan fingerprint density at radius 2 is 1.94 bits per heavy atom. The van der Waals surface area contributed by atoms with Crippen LogP contribution in [0.3, 0.4) is 0 Å². The number of alkyl halides is 2. The Morgan fingerprint density at radius 1 is 1.22 bits per heavy atom. The Balaban J connectivity index is 1.34. The molecule has 3 aromatic heterocycles. The summed E-state index contributed by atoms with van der Waals surface area (Å²) in [6.45, 7) is 2.95. The lowest BCUT2D eigenvalue weighted by atomic mass is 10.1. The smallest absolute Gasteiger partial charge is 0.263 e. The summed E-state index contributed by atoms with van der Waals surface area (Å²) in [4.78, 5) is 20.7. The summed E-state index contributed by atoms with van der Waals surface area (Å²) in [7, 11) is -2.92. The van der Waals surface area contributed by atoms with Crippen molar-refractivity contribution in [2.45, 2.75) is 25.8 Å². The minimum Gasteiger partial charge on any atom is -0.296 e. The van der Waals surface area contributed by atoms with Gasteiger partial charge in [0.1, 0.15) is 5.41 Å². The van der Waals surface area contributed by atoms with Gasteiger partial charge in [0.15, 0.2) is 15.5 Å². The lowest BCUT2D eigenvalue weighted by molar-refractivity contribution is -0.124. The first-order valence-corrected chi connectivity index (χ1v) is 12.8. The largest absolute Gasteiger partial charge is 0.296 e. The van der Waals surface area contributed by atoms with Gasteiger partial charge in [-0.15, -0.1) is 16.4 Å². The first-order chi connectivity index (χ1) is 15.1. The fraction of sp³-hybridized carbons (Fsp3) is 0.450. The molecular weight excluding hydrogens is 460 g/mol. The maximum atomic E-state index is 13.5. The standard InChI is InChI=1S/C20H21F2N5O3S2/c1-19(12-20(19,21)22)17(28)24-18-23-16-4-2-3-14(27(16)25-18)15-6-5-13(31-15)11-26-7-9-32(29,30)10-8-26/h2-6H,7-12H2,1H3,(H,24,25,28). The van der Waals surface area contributed by atoms with Crippen LogP contribution in [0.15, 0.2) is 30.3 Å². The fourth-order valence-electron chi connectivity index (χ4n) is 3.76. The van der Waals surface area contributed by atoms with Gasteiger partial charge in [-0.05, 0) is 31.2 Å². The molecule has 4 heterocycles. The van der Waals surface area contributed by atoms with E-state index in [0.29, 0.717) is 25.3 Å². The van der Waals surface area contributed by atoms with Crippen molar-refractivity contribution in [3.8, 4) is 10.6 Å². The number of carbonyl (C=O) groups excluding carboxylic acids is 1. The second-order valence-corrected chi connectivity index (χ2v) is 11.9. The second-order valence-electron chi connectivity index (χ2n) is 8.48. The molecule has 1 saturated carbocycles. The molecule has 1 atom stereocenters. The van der Waals surface area contributed by atoms with E-state index in [1.54, 1.807) is 21.9 Å². The van der Waals surface area contributed by atoms with Crippen molar-refractivity contribution >= 4 is 38.7 Å². The first-order valence-electron chi connectivity index (χ1n) is 10.1. The summed E-state index contributed by atoms with van der Waals surface area (Å²) in [6, 6.07) is 9.37. The van der Waals surface area contributed by atoms with E-state index >= 15 is 0 Å². The Bertz CT molecular complexity index is 1310. The molecular formula is C20H21F2N5O3S2. The van der Waals surface area contributed by atoms with E-state index in [1.807, 2.05) is 24.3 Å². The predicted molar refractivity (Wildman–Crippen MR) is 117 cm³/mol. The van der Waals surface area contributed by atoms with Gasteiger partial charge in [-0.25, -0.2) is 21.7 Å². The number of sulfone groups is 1. The molecule has 2 fully saturated rings. The normalized spacial score (nSPS) is 24.5. The quantitative estimate of drug-likeness (QED) is 0.602. The van der Waals surface area contributed by atoms with Crippen LogP contribution in [0.25, 0.3) is 16.2 Å². The number of anilines is 1. The maximum Gasteiger partial charge on any atom is 0.263 e. The molecule has 0 bridgehead atoms. The molecule has 0 radical (unpaired) electrons. The van der Waals surface area contributed by atoms with Crippen molar-refractivity contribution < 1.29 is 22.0 Å². The number of nitrogens with one attached hydrogen (secondary N) is 1. The van der Waals surface area contributed by atoms with E-state index in [1.165, 1.54) is 6.92 Å². The summed E-state index contributed by atoms with van der Waals surface area (Å²) in [5.74, 6) is -3.45. The zero-order chi connectivity index (χ0) is 22.7. The van der Waals surface area contributed by atoms with Gasteiger partial charge in [0.2, 0.25) is 11.9 Å². The average Bonchev–Trinajstić information content (AvgIpc) is 3.12. The van der Waals surface area contributed by atoms with E-state index < -0.39 is 33.5 Å². The van der Waals surface area contributed by atoms with Crippen molar-refractivity contribution in [3.05, 3.63) is 35.2 Å². The van der Waals surface area contributed by atoms with Gasteiger partial charge in [0.25, 0.3) is 5.92 Å². The third-order valence-electron chi connectivity index (χ3n) is 6.07. The van der Waals surface area contributed by atoms with Crippen LogP contribution in [0.5, 0.6) is 0 Å². The zero-order valence-electron chi connectivity index (χ0n) is 17.2. The molecule has 3 aromatic rings. The number of pyridine rings is 1. The molecule has 2 aliphatic rings. The summed E-state index contributed by atoms with van der Waals surface area (Å²) in [5, 5.41) is 6.74. The molecule has 1 aliphatic carbocycles. The van der Waals surface area contributed by atoms with Crippen LogP contribution in [0, 0.1) is 5.41 Å². The van der Waals surface area contributed by atoms with Gasteiger partial charge in [0, 0.05) is 30.9 Å². The number of hydrogen-bond acceptors (Lipinski definition) is 7. The summed E-state index contributed by atoms with van der Waals surface area (Å²) in [5.41, 5.74) is -0.471. The molecule has 1 unspecified atom stereocenters. The van der Waals surface area contributed by atoms with Crippen LogP contribution in [-0.4, -0.2) is 64.3 Å². The number of fused-ring (bicyclic) bond motifs is 1. The number of aromatic nitrogens is 3. The van der Waals surface area contributed by atoms with E-state index in [4.69, 9.17) is 0 Å². The van der Waals surface area contributed by atoms with E-state index in [0.717, 1.165) is 15.4 Å². The number of halogens is 2. The molecule has 12 heteroatoms. The fourth-order valence-corrected chi connectivity index (χ4v) is 6.10. The van der Waals surface area contributed by atoms with Gasteiger partial charge >= 0.3 is 0 Å². The van der Waals surface area contributed by atoms with E-state index in [2.05, 4.69) is 20.3 Å². The maximum absolute atomic E-state index is 13.5. The highest BCUT2D eigenvalue weighted by Crippen LogP contribution is 2.60. The molecule has 1 amide bonds. The average molecular weight is 482 g/mol. The van der Waals surface area contributed by atoms with Crippen molar-refractivity contribution in [2.24, 2.45) is 5.41 Å². The highest BCUT2D eigenvalue weighted by molar-refractivity contribution is 7.91. The Kier molecular flexibility index (Phi) is 4.88. The molecule has 8 nitrogen and oxygen atoms in total. The Labute approximate surface area is 187 Å².